The Hall–Kier alpha value is -1.16. The molecule has 0 aromatic rings. The number of hydrogen-bond donors (Lipinski definition) is 0. The molecule has 1 fully saturated rings. The molecule has 1 heterocycles. The van der Waals surface area contributed by atoms with Crippen LogP contribution in [0, 0.1) is 0 Å². The summed E-state index contributed by atoms with van der Waals surface area (Å²) in [5, 5.41) is -2.23. The van der Waals surface area contributed by atoms with E-state index < -0.39 is 52.8 Å². The maximum absolute atomic E-state index is 13.7. The molecule has 19 heavy (non-hydrogen) atoms. The zero-order valence-electron chi connectivity index (χ0n) is 8.51. The van der Waals surface area contributed by atoms with E-state index in [0.29, 0.717) is 0 Å². The maximum Gasteiger partial charge on any atom is 0.417 e. The van der Waals surface area contributed by atoms with Crippen LogP contribution < -0.4 is 0 Å². The first-order valence-corrected chi connectivity index (χ1v) is 4.62. The van der Waals surface area contributed by atoms with Gasteiger partial charge in [-0.2, -0.15) is 35.1 Å². The van der Waals surface area contributed by atoms with Crippen molar-refractivity contribution in [2.45, 2.75) is 35.9 Å². The van der Waals surface area contributed by atoms with Crippen molar-refractivity contribution in [3.05, 3.63) is 11.8 Å². The number of fused-ring (bicyclic) bond motifs is 1. The third-order valence-corrected chi connectivity index (χ3v) is 3.07. The van der Waals surface area contributed by atoms with Crippen LogP contribution in [0.25, 0.3) is 0 Å². The van der Waals surface area contributed by atoms with Crippen LogP contribution in [-0.4, -0.2) is 34.6 Å². The number of alkyl halides is 9. The van der Waals surface area contributed by atoms with Crippen molar-refractivity contribution in [3.63, 3.8) is 0 Å². The van der Waals surface area contributed by atoms with Crippen molar-refractivity contribution >= 4 is 0 Å². The monoisotopic (exact) mass is 303 g/mol. The summed E-state index contributed by atoms with van der Waals surface area (Å²) >= 11 is 0. The highest BCUT2D eigenvalue weighted by atomic mass is 19.3. The number of nitrogens with zero attached hydrogens (tertiary/aromatic N) is 1. The topological polar surface area (TPSA) is 3.24 Å². The molecule has 1 saturated heterocycles. The molecule has 0 aromatic carbocycles. The average molecular weight is 303 g/mol. The Balaban J connectivity index is 2.78. The fourth-order valence-electron chi connectivity index (χ4n) is 1.96. The Morgan fingerprint density at radius 1 is 0.842 bits per heavy atom. The highest BCUT2D eigenvalue weighted by molar-refractivity contribution is 5.38. The number of allylic oxidation sites excluding steroid dienone is 2. The minimum atomic E-state index is -6.37. The quantitative estimate of drug-likeness (QED) is 0.375. The molecule has 0 radical (unpaired) electrons. The SMILES string of the molecule is FN1C2=CCC(F)(F)C(F)(F)C2(F)C(F)(F)C1(F)F. The largest absolute Gasteiger partial charge is 0.417 e. The van der Waals surface area contributed by atoms with Gasteiger partial charge < -0.3 is 0 Å². The highest BCUT2D eigenvalue weighted by Crippen LogP contribution is 2.68. The Labute approximate surface area is 97.9 Å². The van der Waals surface area contributed by atoms with Crippen LogP contribution in [0.15, 0.2) is 11.8 Å². The lowest BCUT2D eigenvalue weighted by atomic mass is 9.80. The average Bonchev–Trinajstić information content (AvgIpc) is 2.34. The fraction of sp³-hybridized carbons (Fsp3) is 0.750. The molecule has 0 saturated carbocycles. The molecular weight excluding hydrogens is 300 g/mol. The molecule has 1 unspecified atom stereocenters. The first-order chi connectivity index (χ1) is 8.25. The zero-order valence-corrected chi connectivity index (χ0v) is 8.51. The molecule has 1 aliphatic heterocycles. The summed E-state index contributed by atoms with van der Waals surface area (Å²) in [7, 11) is 0. The van der Waals surface area contributed by atoms with E-state index >= 15 is 0 Å². The van der Waals surface area contributed by atoms with Crippen molar-refractivity contribution < 1.29 is 44.0 Å². The van der Waals surface area contributed by atoms with E-state index in [1.807, 2.05) is 0 Å². The summed E-state index contributed by atoms with van der Waals surface area (Å²) in [5.74, 6) is -17.9. The van der Waals surface area contributed by atoms with Gasteiger partial charge in [-0.25, -0.2) is 4.39 Å². The van der Waals surface area contributed by atoms with E-state index in [1.165, 1.54) is 0 Å². The van der Waals surface area contributed by atoms with Crippen LogP contribution in [0.4, 0.5) is 44.0 Å². The van der Waals surface area contributed by atoms with E-state index in [1.54, 1.807) is 0 Å². The number of halogens is 10. The molecule has 0 spiro atoms. The van der Waals surface area contributed by atoms with Gasteiger partial charge >= 0.3 is 23.8 Å². The van der Waals surface area contributed by atoms with Crippen LogP contribution in [0.5, 0.6) is 0 Å². The first-order valence-electron chi connectivity index (χ1n) is 4.62. The van der Waals surface area contributed by atoms with Crippen molar-refractivity contribution in [1.82, 2.24) is 5.12 Å². The van der Waals surface area contributed by atoms with Crippen molar-refractivity contribution in [3.8, 4) is 0 Å². The fourth-order valence-corrected chi connectivity index (χ4v) is 1.96. The smallest absolute Gasteiger partial charge is 0.223 e. The molecule has 110 valence electrons. The Kier molecular flexibility index (Phi) is 2.34. The van der Waals surface area contributed by atoms with Crippen molar-refractivity contribution in [2.75, 3.05) is 0 Å². The molecule has 0 aromatic heterocycles. The van der Waals surface area contributed by atoms with Gasteiger partial charge in [0.25, 0.3) is 5.67 Å². The zero-order chi connectivity index (χ0) is 15.1. The van der Waals surface area contributed by atoms with Gasteiger partial charge in [0.2, 0.25) is 0 Å². The number of hydrogen-bond acceptors (Lipinski definition) is 1. The van der Waals surface area contributed by atoms with Gasteiger partial charge in [0.1, 0.15) is 0 Å². The van der Waals surface area contributed by atoms with Gasteiger partial charge in [-0.1, -0.05) is 10.6 Å². The summed E-state index contributed by atoms with van der Waals surface area (Å²) < 4.78 is 130. The predicted octanol–water partition coefficient (Wildman–Crippen LogP) is 3.68. The van der Waals surface area contributed by atoms with E-state index in [4.69, 9.17) is 0 Å². The summed E-state index contributed by atoms with van der Waals surface area (Å²) in [5.41, 5.74) is -8.33. The lowest BCUT2D eigenvalue weighted by molar-refractivity contribution is -0.349. The van der Waals surface area contributed by atoms with Gasteiger partial charge in [0.05, 0.1) is 5.70 Å². The van der Waals surface area contributed by atoms with E-state index in [2.05, 4.69) is 0 Å². The van der Waals surface area contributed by atoms with Crippen LogP contribution >= 0.6 is 0 Å². The molecule has 2 rings (SSSR count). The molecule has 1 atom stereocenters. The molecular formula is C8H3F10N. The Morgan fingerprint density at radius 2 is 1.32 bits per heavy atom. The predicted molar refractivity (Wildman–Crippen MR) is 39.3 cm³/mol. The molecule has 0 amide bonds. The Morgan fingerprint density at radius 3 is 1.79 bits per heavy atom. The maximum atomic E-state index is 13.7. The van der Waals surface area contributed by atoms with Crippen LogP contribution in [0.1, 0.15) is 6.42 Å². The second kappa shape index (κ2) is 3.11. The van der Waals surface area contributed by atoms with E-state index in [0.717, 1.165) is 0 Å². The lowest BCUT2D eigenvalue weighted by Gasteiger charge is -2.40. The summed E-state index contributed by atoms with van der Waals surface area (Å²) in [6.07, 6.45) is -2.47. The van der Waals surface area contributed by atoms with E-state index in [9.17, 15) is 44.0 Å². The molecule has 0 N–H and O–H groups in total. The molecule has 1 aliphatic carbocycles. The normalized spacial score (nSPS) is 37.8. The molecule has 2 aliphatic rings. The third kappa shape index (κ3) is 1.15. The van der Waals surface area contributed by atoms with Crippen molar-refractivity contribution in [2.24, 2.45) is 0 Å². The minimum absolute atomic E-state index is 0.424. The first kappa shape index (κ1) is 14.3. The third-order valence-electron chi connectivity index (χ3n) is 3.07. The van der Waals surface area contributed by atoms with Gasteiger partial charge in [-0.3, -0.25) is 0 Å². The van der Waals surface area contributed by atoms with Gasteiger partial charge in [-0.05, 0) is 0 Å². The van der Waals surface area contributed by atoms with Gasteiger partial charge in [0.15, 0.2) is 0 Å². The van der Waals surface area contributed by atoms with Crippen LogP contribution in [-0.2, 0) is 0 Å². The van der Waals surface area contributed by atoms with Gasteiger partial charge in [0, 0.05) is 6.42 Å². The molecule has 0 bridgehead atoms. The van der Waals surface area contributed by atoms with Crippen LogP contribution in [0.2, 0.25) is 0 Å². The molecule has 1 nitrogen and oxygen atoms in total. The summed E-state index contributed by atoms with van der Waals surface area (Å²) in [6.45, 7) is 0. The summed E-state index contributed by atoms with van der Waals surface area (Å²) in [6, 6.07) is -6.00. The number of rotatable bonds is 0. The second-order valence-electron chi connectivity index (χ2n) is 4.13. The second-order valence-corrected chi connectivity index (χ2v) is 4.13. The molecule has 11 heteroatoms. The minimum Gasteiger partial charge on any atom is -0.223 e. The van der Waals surface area contributed by atoms with E-state index in [-0.39, 0.29) is 0 Å². The van der Waals surface area contributed by atoms with Crippen LogP contribution in [0.3, 0.4) is 0 Å². The van der Waals surface area contributed by atoms with Crippen molar-refractivity contribution in [1.29, 1.82) is 0 Å². The van der Waals surface area contributed by atoms with Gasteiger partial charge in [-0.15, -0.1) is 5.12 Å². The summed E-state index contributed by atoms with van der Waals surface area (Å²) in [4.78, 5) is 0. The lowest BCUT2D eigenvalue weighted by Crippen LogP contribution is -2.66. The Bertz CT molecular complexity index is 454. The standard InChI is InChI=1S/C8H3F10N/c9-4(10)2-1-3-5(11,6(4,12)13)7(14,15)8(16,17)19(3)18/h1H,2H2. The highest BCUT2D eigenvalue weighted by Gasteiger charge is 2.93.